The van der Waals surface area contributed by atoms with E-state index in [4.69, 9.17) is 38.3 Å². The highest BCUT2D eigenvalue weighted by molar-refractivity contribution is 5.84. The number of hydrogen-bond acceptors (Lipinski definition) is 17. The molecule has 0 aromatic heterocycles. The largest absolute Gasteiger partial charge is 0.479 e. The number of ketones is 2. The molecule has 90 heavy (non-hydrogen) atoms. The molecule has 0 aromatic carbocycles. The van der Waals surface area contributed by atoms with Gasteiger partial charge >= 0.3 is 47.8 Å². The van der Waals surface area contributed by atoms with Gasteiger partial charge in [0, 0.05) is 77.0 Å². The molecule has 3 saturated heterocycles. The topological polar surface area (TPSA) is 256 Å². The molecule has 10 aliphatic rings. The lowest BCUT2D eigenvalue weighted by molar-refractivity contribution is -0.185. The number of fused-ring (bicyclic) bond motifs is 4. The number of Topliss-reactive ketones (excluding diaryl/α,β-unsaturated/α-hetero) is 2. The third-order valence-electron chi connectivity index (χ3n) is 21.5. The third kappa shape index (κ3) is 22.1. The number of carboxylic acid groups (broad SMARTS) is 1. The second-order valence-electron chi connectivity index (χ2n) is 28.3. The first-order chi connectivity index (χ1) is 41.9. The van der Waals surface area contributed by atoms with Crippen molar-refractivity contribution in [1.29, 1.82) is 0 Å². The van der Waals surface area contributed by atoms with E-state index in [0.717, 1.165) is 116 Å². The Morgan fingerprint density at radius 2 is 1.19 bits per heavy atom. The van der Waals surface area contributed by atoms with Gasteiger partial charge in [0.15, 0.2) is 12.2 Å². The smallest absolute Gasteiger partial charge is 0.348 e. The summed E-state index contributed by atoms with van der Waals surface area (Å²) in [5, 5.41) is 8.88. The summed E-state index contributed by atoms with van der Waals surface area (Å²) in [5.74, 6) is 0.819. The lowest BCUT2D eigenvalue weighted by Crippen LogP contribution is -2.61. The molecule has 18 nitrogen and oxygen atoms in total. The monoisotopic (exact) mass is 1270 g/mol. The van der Waals surface area contributed by atoms with Crippen molar-refractivity contribution in [3.63, 3.8) is 0 Å². The predicted octanol–water partition coefficient (Wildman–Crippen LogP) is 14.8. The SMILES string of the molecule is C.CC.CC.CC(=O)O[C@@H](CC1CCCCC1)C(=O)O.CC(=O)O[C@H]1CC2(CCCCC2)OC1=O.CC(=O)O[C@H]1CC2CCCCC2OC1=O.CC(=O)O[C@H]1CCC[C@H]1C[C@@H](C)[C@H]1CC[C@H](C)C(=O)C1.C[C@@H]1C(=O)CC(C)(C)[C@@H]2CC[C@@]3(C)OC(=O)CC3[C@@]12C. The molecule has 0 radical (unpaired) electrons. The molecule has 18 heteroatoms. The molecule has 1 N–H and O–H groups in total. The van der Waals surface area contributed by atoms with E-state index in [1.165, 1.54) is 59.8 Å². The molecule has 7 aliphatic carbocycles. The Bertz CT molecular complexity index is 2320. The summed E-state index contributed by atoms with van der Waals surface area (Å²) in [6.07, 6.45) is 25.4. The highest BCUT2D eigenvalue weighted by atomic mass is 16.6. The quantitative estimate of drug-likeness (QED) is 0.157. The van der Waals surface area contributed by atoms with Crippen LogP contribution >= 0.6 is 0 Å². The van der Waals surface area contributed by atoms with E-state index < -0.39 is 42.2 Å². The van der Waals surface area contributed by atoms with Crippen LogP contribution < -0.4 is 0 Å². The van der Waals surface area contributed by atoms with Gasteiger partial charge in [-0.3, -0.25) is 33.6 Å². The van der Waals surface area contributed by atoms with Crippen LogP contribution in [-0.2, 0) is 81.1 Å². The van der Waals surface area contributed by atoms with Crippen LogP contribution in [0.5, 0.6) is 0 Å². The number of ether oxygens (including phenoxy) is 7. The molecular weight excluding hydrogens is 1150 g/mol. The third-order valence-corrected chi connectivity index (χ3v) is 21.5. The van der Waals surface area contributed by atoms with Crippen LogP contribution in [0.3, 0.4) is 0 Å². The molecule has 10 rings (SSSR count). The van der Waals surface area contributed by atoms with E-state index >= 15 is 0 Å². The number of carbonyl (C=O) groups excluding carboxylic acids is 9. The van der Waals surface area contributed by atoms with Crippen LogP contribution in [-0.4, -0.2) is 106 Å². The molecular formula is C72H120O18. The van der Waals surface area contributed by atoms with Gasteiger partial charge in [-0.25, -0.2) is 14.4 Å². The second kappa shape index (κ2) is 36.5. The minimum Gasteiger partial charge on any atom is -0.479 e. The van der Waals surface area contributed by atoms with Crippen molar-refractivity contribution in [1.82, 2.24) is 0 Å². The summed E-state index contributed by atoms with van der Waals surface area (Å²) in [4.78, 5) is 114. The lowest BCUT2D eigenvalue weighted by Gasteiger charge is -2.61. The highest BCUT2D eigenvalue weighted by Gasteiger charge is 2.66. The maximum absolute atomic E-state index is 12.5. The van der Waals surface area contributed by atoms with Gasteiger partial charge in [0.25, 0.3) is 0 Å². The van der Waals surface area contributed by atoms with Crippen molar-refractivity contribution >= 4 is 59.3 Å². The Labute approximate surface area is 540 Å². The van der Waals surface area contributed by atoms with E-state index in [0.29, 0.717) is 79.2 Å². The van der Waals surface area contributed by atoms with Gasteiger partial charge in [-0.2, -0.15) is 0 Å². The summed E-state index contributed by atoms with van der Waals surface area (Å²) in [6, 6.07) is 0. The van der Waals surface area contributed by atoms with E-state index in [-0.39, 0.29) is 83.3 Å². The summed E-state index contributed by atoms with van der Waals surface area (Å²) >= 11 is 0. The number of aliphatic carboxylic acids is 1. The lowest BCUT2D eigenvalue weighted by atomic mass is 9.42. The number of carbonyl (C=O) groups is 10. The van der Waals surface area contributed by atoms with Crippen LogP contribution in [0.4, 0.5) is 0 Å². The van der Waals surface area contributed by atoms with Crippen LogP contribution in [0.25, 0.3) is 0 Å². The molecule has 0 amide bonds. The minimum atomic E-state index is -1.03. The zero-order valence-electron chi connectivity index (χ0n) is 57.3. The summed E-state index contributed by atoms with van der Waals surface area (Å²) in [5.41, 5.74) is -0.761. The average Bonchev–Trinajstić information content (AvgIpc) is 1.16. The fourth-order valence-corrected chi connectivity index (χ4v) is 16.9. The molecule has 3 heterocycles. The first-order valence-corrected chi connectivity index (χ1v) is 34.6. The molecule has 3 aliphatic heterocycles. The molecule has 3 unspecified atom stereocenters. The Hall–Kier alpha value is -4.90. The van der Waals surface area contributed by atoms with Gasteiger partial charge in [0.1, 0.15) is 35.0 Å². The summed E-state index contributed by atoms with van der Waals surface area (Å²) in [6.45, 7) is 28.5. The van der Waals surface area contributed by atoms with Crippen molar-refractivity contribution in [3.05, 3.63) is 0 Å². The minimum absolute atomic E-state index is 0. The van der Waals surface area contributed by atoms with Crippen molar-refractivity contribution < 1.29 is 86.2 Å². The van der Waals surface area contributed by atoms with Crippen molar-refractivity contribution in [2.24, 2.45) is 64.1 Å². The molecule has 0 bridgehead atoms. The Balaban J connectivity index is 0.000000291. The zero-order chi connectivity index (χ0) is 66.6. The van der Waals surface area contributed by atoms with Gasteiger partial charge in [-0.1, -0.05) is 122 Å². The van der Waals surface area contributed by atoms with Gasteiger partial charge in [-0.15, -0.1) is 0 Å². The van der Waals surface area contributed by atoms with Gasteiger partial charge in [-0.05, 0) is 150 Å². The average molecular weight is 1270 g/mol. The molecule has 7 saturated carbocycles. The second-order valence-corrected chi connectivity index (χ2v) is 28.3. The molecule has 10 fully saturated rings. The standard InChI is InChI=1S/C17H26O3.C17H28O3.2C11H16O4.C11H18O4.2C2H6.CH4/c1-10-11(18)9-15(2,3)12-6-7-16(4)13(17(10,12)5)8-14(19)20-16;1-11-7-8-14(10-16(11)19)12(2)9-15-5-4-6-17(15)20-13(3)18;1-7(12)14-10-6-8-4-2-3-5-9(8)15-11(10)13;1-8(12)14-9-7-11(15-10(9)13)5-3-2-4-6-11;1-8(12)15-10(11(13)14)7-9-5-3-2-4-6-9;2*1-2;/h10,12-13H,6-9H2,1-5H3;11-12,14-15,17H,4-10H2,1-3H3;8-10H,2-6H2,1H3;9H,2-7H2,1H3;9-10H,2-7H2,1H3,(H,13,14);2*1-2H3;1H4/t10-,12+,13?,16-,17+;11-,12+,14-,15-,17-;8?,9?,10-;9-;10-;;;/m10000.../s1. The van der Waals surface area contributed by atoms with Crippen LogP contribution in [0, 0.1) is 64.1 Å². The van der Waals surface area contributed by atoms with Crippen LogP contribution in [0.2, 0.25) is 0 Å². The number of carboxylic acids is 1. The predicted molar refractivity (Wildman–Crippen MR) is 342 cm³/mol. The van der Waals surface area contributed by atoms with Gasteiger partial charge in [0.2, 0.25) is 6.10 Å². The number of rotatable bonds is 10. The number of esters is 7. The Morgan fingerprint density at radius 3 is 1.78 bits per heavy atom. The van der Waals surface area contributed by atoms with E-state index in [1.54, 1.807) is 0 Å². The first-order valence-electron chi connectivity index (χ1n) is 34.6. The van der Waals surface area contributed by atoms with Gasteiger partial charge < -0.3 is 38.3 Å². The van der Waals surface area contributed by atoms with E-state index in [2.05, 4.69) is 48.5 Å². The molecule has 1 spiro atoms. The van der Waals surface area contributed by atoms with Crippen molar-refractivity contribution in [2.45, 2.75) is 333 Å². The molecule has 0 aromatic rings. The first kappa shape index (κ1) is 79.3. The fourth-order valence-electron chi connectivity index (χ4n) is 16.9. The van der Waals surface area contributed by atoms with Crippen molar-refractivity contribution in [3.8, 4) is 0 Å². The highest BCUT2D eigenvalue weighted by Crippen LogP contribution is 2.66. The Morgan fingerprint density at radius 1 is 0.600 bits per heavy atom. The normalized spacial score (nSPS) is 33.2. The van der Waals surface area contributed by atoms with Crippen molar-refractivity contribution in [2.75, 3.05) is 0 Å². The van der Waals surface area contributed by atoms with Crippen LogP contribution in [0.15, 0.2) is 0 Å². The maximum Gasteiger partial charge on any atom is 0.348 e. The Kier molecular flexibility index (Phi) is 32.2. The maximum atomic E-state index is 12.5. The van der Waals surface area contributed by atoms with E-state index in [1.807, 2.05) is 27.7 Å². The zero-order valence-corrected chi connectivity index (χ0v) is 57.3. The fraction of sp³-hybridized carbons (Fsp3) is 0.861. The molecule has 15 atom stereocenters. The summed E-state index contributed by atoms with van der Waals surface area (Å²) in [7, 11) is 0. The van der Waals surface area contributed by atoms with E-state index in [9.17, 15) is 47.9 Å². The number of hydrogen-bond donors (Lipinski definition) is 1. The molecule has 516 valence electrons. The summed E-state index contributed by atoms with van der Waals surface area (Å²) < 4.78 is 36.4. The van der Waals surface area contributed by atoms with Crippen LogP contribution in [0.1, 0.15) is 291 Å². The van der Waals surface area contributed by atoms with Gasteiger partial charge in [0.05, 0.1) is 6.42 Å².